The van der Waals surface area contributed by atoms with Crippen molar-refractivity contribution in [3.8, 4) is 0 Å². The molecule has 1 aliphatic rings. The molecule has 7 heteroatoms. The first-order chi connectivity index (χ1) is 11.7. The molecule has 0 aliphatic carbocycles. The van der Waals surface area contributed by atoms with E-state index in [9.17, 15) is 0 Å². The molecule has 0 atom stereocenters. The Balaban J connectivity index is 1.78. The number of nitrogens with one attached hydrogen (secondary N) is 1. The van der Waals surface area contributed by atoms with Gasteiger partial charge in [0.1, 0.15) is 5.71 Å². The second kappa shape index (κ2) is 7.94. The molecule has 24 heavy (non-hydrogen) atoms. The van der Waals surface area contributed by atoms with Gasteiger partial charge in [-0.15, -0.1) is 0 Å². The van der Waals surface area contributed by atoms with Crippen molar-refractivity contribution in [2.24, 2.45) is 5.10 Å². The molecule has 6 nitrogen and oxygen atoms in total. The number of hydrogen-bond donors (Lipinski definition) is 1. The zero-order valence-electron chi connectivity index (χ0n) is 13.6. The van der Waals surface area contributed by atoms with Crippen molar-refractivity contribution in [2.45, 2.75) is 0 Å². The molecule has 0 radical (unpaired) electrons. The Morgan fingerprint density at radius 2 is 1.58 bits per heavy atom. The van der Waals surface area contributed by atoms with Gasteiger partial charge >= 0.3 is 0 Å². The average Bonchev–Trinajstić information content (AvgIpc) is 2.64. The van der Waals surface area contributed by atoms with Crippen molar-refractivity contribution >= 4 is 23.0 Å². The van der Waals surface area contributed by atoms with Gasteiger partial charge in [-0.3, -0.25) is 15.4 Å². The van der Waals surface area contributed by atoms with E-state index in [4.69, 9.17) is 12.2 Å². The predicted octanol–water partition coefficient (Wildman–Crippen LogP) is 1.35. The minimum Gasteiger partial charge on any atom is -0.345 e. The Morgan fingerprint density at radius 1 is 1.00 bits per heavy atom. The van der Waals surface area contributed by atoms with Crippen molar-refractivity contribution in [3.05, 3.63) is 60.2 Å². The molecule has 1 N–H and O–H groups in total. The van der Waals surface area contributed by atoms with Gasteiger partial charge in [-0.05, 0) is 43.5 Å². The number of hydrogen-bond acceptors (Lipinski definition) is 5. The number of rotatable bonds is 3. The lowest BCUT2D eigenvalue weighted by molar-refractivity contribution is 0.214. The lowest BCUT2D eigenvalue weighted by Gasteiger charge is -2.33. The fourth-order valence-corrected chi connectivity index (χ4v) is 2.66. The number of pyridine rings is 2. The van der Waals surface area contributed by atoms with Gasteiger partial charge in [0.25, 0.3) is 0 Å². The minimum atomic E-state index is 0.632. The van der Waals surface area contributed by atoms with Gasteiger partial charge < -0.3 is 9.80 Å². The summed E-state index contributed by atoms with van der Waals surface area (Å²) in [4.78, 5) is 13.2. The minimum absolute atomic E-state index is 0.632. The smallest absolute Gasteiger partial charge is 0.189 e. The third-order valence-electron chi connectivity index (χ3n) is 3.87. The number of nitrogens with zero attached hydrogens (tertiary/aromatic N) is 5. The van der Waals surface area contributed by atoms with E-state index in [0.29, 0.717) is 10.8 Å². The second-order valence-electron chi connectivity index (χ2n) is 5.60. The van der Waals surface area contributed by atoms with Crippen LogP contribution < -0.4 is 5.43 Å². The van der Waals surface area contributed by atoms with Crippen molar-refractivity contribution in [2.75, 3.05) is 33.2 Å². The zero-order chi connectivity index (χ0) is 16.8. The maximum absolute atomic E-state index is 5.48. The third kappa shape index (κ3) is 4.12. The van der Waals surface area contributed by atoms with Crippen LogP contribution in [0.3, 0.4) is 0 Å². The van der Waals surface area contributed by atoms with E-state index in [1.165, 1.54) is 0 Å². The molecule has 0 saturated carbocycles. The molecular weight excluding hydrogens is 320 g/mol. The van der Waals surface area contributed by atoms with Gasteiger partial charge in [0.15, 0.2) is 5.11 Å². The molecule has 2 aromatic rings. The van der Waals surface area contributed by atoms with Crippen molar-refractivity contribution < 1.29 is 0 Å². The Kier molecular flexibility index (Phi) is 5.45. The fraction of sp³-hybridized carbons (Fsp3) is 0.294. The molecule has 3 rings (SSSR count). The molecular formula is C17H20N6S. The van der Waals surface area contributed by atoms with E-state index in [-0.39, 0.29) is 0 Å². The van der Waals surface area contributed by atoms with Crippen LogP contribution in [0, 0.1) is 0 Å². The van der Waals surface area contributed by atoms with Crippen LogP contribution in [0.15, 0.2) is 53.9 Å². The standard InChI is InChI=1S/C17H20N6S/c1-22-10-12-23(13-11-22)17(24)21-20-16(14-6-2-4-8-18-14)15-7-3-5-9-19-15/h2-9H,10-13H2,1H3,(H,21,24). The molecule has 124 valence electrons. The quantitative estimate of drug-likeness (QED) is 0.517. The zero-order valence-corrected chi connectivity index (χ0v) is 14.4. The molecule has 0 spiro atoms. The molecule has 1 saturated heterocycles. The van der Waals surface area contributed by atoms with Gasteiger partial charge in [0, 0.05) is 38.6 Å². The van der Waals surface area contributed by atoms with Gasteiger partial charge in [-0.1, -0.05) is 12.1 Å². The van der Waals surface area contributed by atoms with Crippen LogP contribution in [0.2, 0.25) is 0 Å². The summed E-state index contributed by atoms with van der Waals surface area (Å²) in [6, 6.07) is 11.4. The first-order valence-electron chi connectivity index (χ1n) is 7.88. The number of likely N-dealkylation sites (N-methyl/N-ethyl adjacent to an activating group) is 1. The third-order valence-corrected chi connectivity index (χ3v) is 4.22. The van der Waals surface area contributed by atoms with Gasteiger partial charge in [-0.2, -0.15) is 5.10 Å². The molecule has 2 aromatic heterocycles. The summed E-state index contributed by atoms with van der Waals surface area (Å²) < 4.78 is 0. The van der Waals surface area contributed by atoms with Crippen molar-refractivity contribution in [1.29, 1.82) is 0 Å². The fourth-order valence-electron chi connectivity index (χ4n) is 2.44. The van der Waals surface area contributed by atoms with E-state index in [1.807, 2.05) is 36.4 Å². The molecule has 0 bridgehead atoms. The maximum atomic E-state index is 5.48. The Hall–Kier alpha value is -2.38. The summed E-state index contributed by atoms with van der Waals surface area (Å²) in [5.41, 5.74) is 5.19. The van der Waals surface area contributed by atoms with E-state index in [2.05, 4.69) is 37.3 Å². The van der Waals surface area contributed by atoms with Gasteiger partial charge in [0.2, 0.25) is 0 Å². The average molecular weight is 340 g/mol. The first-order valence-corrected chi connectivity index (χ1v) is 8.29. The summed E-state index contributed by atoms with van der Waals surface area (Å²) in [5.74, 6) is 0. The summed E-state index contributed by atoms with van der Waals surface area (Å²) in [7, 11) is 2.12. The largest absolute Gasteiger partial charge is 0.345 e. The second-order valence-corrected chi connectivity index (χ2v) is 5.98. The van der Waals surface area contributed by atoms with Crippen molar-refractivity contribution in [1.82, 2.24) is 25.2 Å². The number of piperazine rings is 1. The van der Waals surface area contributed by atoms with E-state index >= 15 is 0 Å². The lowest BCUT2D eigenvalue weighted by Crippen LogP contribution is -2.49. The highest BCUT2D eigenvalue weighted by atomic mass is 32.1. The Labute approximate surface area is 147 Å². The molecule has 1 aliphatic heterocycles. The Morgan fingerprint density at radius 3 is 2.08 bits per heavy atom. The van der Waals surface area contributed by atoms with Crippen LogP contribution in [0.5, 0.6) is 0 Å². The molecule has 3 heterocycles. The van der Waals surface area contributed by atoms with E-state index in [0.717, 1.165) is 37.6 Å². The van der Waals surface area contributed by atoms with Crippen LogP contribution >= 0.6 is 12.2 Å². The SMILES string of the molecule is CN1CCN(C(=S)NN=C(c2ccccn2)c2ccccn2)CC1. The van der Waals surface area contributed by atoms with Crippen LogP contribution in [0.25, 0.3) is 0 Å². The van der Waals surface area contributed by atoms with E-state index in [1.54, 1.807) is 12.4 Å². The Bertz CT molecular complexity index is 654. The summed E-state index contributed by atoms with van der Waals surface area (Å²) in [6.07, 6.45) is 3.49. The first kappa shape index (κ1) is 16.5. The topological polar surface area (TPSA) is 56.6 Å². The summed E-state index contributed by atoms with van der Waals surface area (Å²) in [5, 5.41) is 5.14. The summed E-state index contributed by atoms with van der Waals surface area (Å²) >= 11 is 5.48. The monoisotopic (exact) mass is 340 g/mol. The maximum Gasteiger partial charge on any atom is 0.189 e. The van der Waals surface area contributed by atoms with Crippen LogP contribution in [-0.4, -0.2) is 63.8 Å². The van der Waals surface area contributed by atoms with Gasteiger partial charge in [0.05, 0.1) is 11.4 Å². The molecule has 1 fully saturated rings. The molecule has 0 unspecified atom stereocenters. The molecule has 0 amide bonds. The van der Waals surface area contributed by atoms with Crippen LogP contribution in [0.4, 0.5) is 0 Å². The summed E-state index contributed by atoms with van der Waals surface area (Å²) in [6.45, 7) is 3.80. The van der Waals surface area contributed by atoms with Crippen molar-refractivity contribution in [3.63, 3.8) is 0 Å². The highest BCUT2D eigenvalue weighted by Crippen LogP contribution is 2.06. The van der Waals surface area contributed by atoms with Crippen LogP contribution in [-0.2, 0) is 0 Å². The number of aromatic nitrogens is 2. The van der Waals surface area contributed by atoms with E-state index < -0.39 is 0 Å². The highest BCUT2D eigenvalue weighted by Gasteiger charge is 2.16. The normalized spacial score (nSPS) is 15.0. The van der Waals surface area contributed by atoms with Crippen LogP contribution in [0.1, 0.15) is 11.4 Å². The number of hydrazone groups is 1. The van der Waals surface area contributed by atoms with Gasteiger partial charge in [-0.25, -0.2) is 0 Å². The predicted molar refractivity (Wildman–Crippen MR) is 98.9 cm³/mol. The molecule has 0 aromatic carbocycles. The number of thiocarbonyl (C=S) groups is 1. The lowest BCUT2D eigenvalue weighted by atomic mass is 10.1. The highest BCUT2D eigenvalue weighted by molar-refractivity contribution is 7.80.